The van der Waals surface area contributed by atoms with E-state index < -0.39 is 0 Å². The van der Waals surface area contributed by atoms with Crippen molar-refractivity contribution in [3.63, 3.8) is 0 Å². The van der Waals surface area contributed by atoms with Crippen LogP contribution in [-0.2, 0) is 9.47 Å². The molecule has 37 heavy (non-hydrogen) atoms. The van der Waals surface area contributed by atoms with Crippen molar-refractivity contribution in [1.82, 2.24) is 0 Å². The molecule has 4 N–H and O–H groups in total. The molecule has 0 amide bonds. The highest BCUT2D eigenvalue weighted by Gasteiger charge is 2.68. The Morgan fingerprint density at radius 3 is 1.19 bits per heavy atom. The van der Waals surface area contributed by atoms with Gasteiger partial charge in [0.2, 0.25) is 0 Å². The Bertz CT molecular complexity index is 728. The zero-order valence-electron chi connectivity index (χ0n) is 24.6. The minimum Gasteiger partial charge on any atom is -0.375 e. The van der Waals surface area contributed by atoms with Gasteiger partial charge in [-0.3, -0.25) is 0 Å². The van der Waals surface area contributed by atoms with Crippen molar-refractivity contribution in [3.8, 4) is 0 Å². The monoisotopic (exact) mass is 514 g/mol. The van der Waals surface area contributed by atoms with Gasteiger partial charge in [-0.25, -0.2) is 0 Å². The summed E-state index contributed by atoms with van der Waals surface area (Å²) in [6.07, 6.45) is 21.9. The summed E-state index contributed by atoms with van der Waals surface area (Å²) in [5.41, 5.74) is 13.8. The summed E-state index contributed by atoms with van der Waals surface area (Å²) < 4.78 is 13.8. The maximum Gasteiger partial charge on any atom is 0.0582 e. The third kappa shape index (κ3) is 5.08. The molecule has 6 saturated carbocycles. The molecule has 1 spiro atoms. The Kier molecular flexibility index (Phi) is 7.33. The lowest BCUT2D eigenvalue weighted by molar-refractivity contribution is -0.0984. The van der Waals surface area contributed by atoms with Gasteiger partial charge >= 0.3 is 0 Å². The van der Waals surface area contributed by atoms with Crippen LogP contribution in [0.1, 0.15) is 130 Å². The van der Waals surface area contributed by atoms with E-state index in [0.717, 1.165) is 49.4 Å². The van der Waals surface area contributed by atoms with Crippen LogP contribution in [0.3, 0.4) is 0 Å². The molecule has 0 aliphatic heterocycles. The first-order chi connectivity index (χ1) is 17.6. The second-order valence-corrected chi connectivity index (χ2v) is 16.2. The molecule has 0 bridgehead atoms. The molecular formula is C33H58N2O2. The standard InChI is InChI=1S/C33H58N2O2/c1-31(2)19-33(29-17-25(13-15-27(29)31)36-23-9-5-21(34)6-10-23)20-32(3,4)28-16-14-26(18-30(28)33)37-24-11-7-22(35)8-12-24/h21-30H,5-20,34-35H2,1-4H3. The maximum atomic E-state index is 6.89. The van der Waals surface area contributed by atoms with E-state index in [2.05, 4.69) is 27.7 Å². The fourth-order valence-electron chi connectivity index (χ4n) is 11.5. The molecule has 6 atom stereocenters. The van der Waals surface area contributed by atoms with Crippen molar-refractivity contribution < 1.29 is 9.47 Å². The molecule has 0 aromatic rings. The lowest BCUT2D eigenvalue weighted by Gasteiger charge is -2.48. The largest absolute Gasteiger partial charge is 0.375 e. The fourth-order valence-corrected chi connectivity index (χ4v) is 11.5. The molecule has 6 unspecified atom stereocenters. The summed E-state index contributed by atoms with van der Waals surface area (Å²) in [6.45, 7) is 10.5. The van der Waals surface area contributed by atoms with E-state index in [0.29, 0.717) is 52.7 Å². The van der Waals surface area contributed by atoms with Gasteiger partial charge in [0.25, 0.3) is 0 Å². The van der Waals surface area contributed by atoms with Gasteiger partial charge in [0.15, 0.2) is 0 Å². The van der Waals surface area contributed by atoms with Crippen LogP contribution < -0.4 is 11.5 Å². The summed E-state index contributed by atoms with van der Waals surface area (Å²) in [6, 6.07) is 0.804. The molecule has 0 aromatic heterocycles. The fraction of sp³-hybridized carbons (Fsp3) is 1.00. The lowest BCUT2D eigenvalue weighted by atomic mass is 9.60. The van der Waals surface area contributed by atoms with Crippen LogP contribution in [-0.4, -0.2) is 36.5 Å². The van der Waals surface area contributed by atoms with Crippen molar-refractivity contribution in [3.05, 3.63) is 0 Å². The average molecular weight is 515 g/mol. The van der Waals surface area contributed by atoms with Crippen molar-refractivity contribution in [1.29, 1.82) is 0 Å². The van der Waals surface area contributed by atoms with E-state index in [9.17, 15) is 0 Å². The van der Waals surface area contributed by atoms with Gasteiger partial charge in [-0.15, -0.1) is 0 Å². The summed E-state index contributed by atoms with van der Waals surface area (Å²) in [5.74, 6) is 3.38. The molecule has 4 nitrogen and oxygen atoms in total. The molecule has 0 saturated heterocycles. The molecule has 0 heterocycles. The zero-order chi connectivity index (χ0) is 26.0. The molecule has 0 radical (unpaired) electrons. The molecule has 6 aliphatic carbocycles. The predicted octanol–water partition coefficient (Wildman–Crippen LogP) is 6.98. The highest BCUT2D eigenvalue weighted by atomic mass is 16.5. The molecule has 6 fully saturated rings. The van der Waals surface area contributed by atoms with Crippen LogP contribution in [0.2, 0.25) is 0 Å². The van der Waals surface area contributed by atoms with Gasteiger partial charge in [0, 0.05) is 12.1 Å². The van der Waals surface area contributed by atoms with Crippen LogP contribution in [0.5, 0.6) is 0 Å². The smallest absolute Gasteiger partial charge is 0.0582 e. The molecule has 6 rings (SSSR count). The predicted molar refractivity (Wildman–Crippen MR) is 151 cm³/mol. The summed E-state index contributed by atoms with van der Waals surface area (Å²) in [7, 11) is 0. The van der Waals surface area contributed by atoms with E-state index in [1.165, 1.54) is 77.0 Å². The number of ether oxygens (including phenoxy) is 2. The van der Waals surface area contributed by atoms with Crippen LogP contribution in [0.25, 0.3) is 0 Å². The first kappa shape index (κ1) is 27.0. The third-order valence-electron chi connectivity index (χ3n) is 12.9. The van der Waals surface area contributed by atoms with Crippen molar-refractivity contribution >= 4 is 0 Å². The Labute approximate surface area is 227 Å². The quantitative estimate of drug-likeness (QED) is 0.425. The number of rotatable bonds is 4. The second kappa shape index (κ2) is 10.0. The molecular weight excluding hydrogens is 456 g/mol. The topological polar surface area (TPSA) is 70.5 Å². The highest BCUT2D eigenvalue weighted by Crippen LogP contribution is 2.75. The van der Waals surface area contributed by atoms with Crippen LogP contribution in [0.4, 0.5) is 0 Å². The number of fused-ring (bicyclic) bond motifs is 4. The number of hydrogen-bond donors (Lipinski definition) is 2. The van der Waals surface area contributed by atoms with E-state index in [1.54, 1.807) is 0 Å². The zero-order valence-corrected chi connectivity index (χ0v) is 24.6. The first-order valence-electron chi connectivity index (χ1n) is 16.4. The summed E-state index contributed by atoms with van der Waals surface area (Å²) in [5, 5.41) is 0. The van der Waals surface area contributed by atoms with Crippen LogP contribution in [0, 0.1) is 39.9 Å². The Morgan fingerprint density at radius 1 is 0.459 bits per heavy atom. The van der Waals surface area contributed by atoms with Gasteiger partial charge in [-0.2, -0.15) is 0 Å². The number of hydrogen-bond acceptors (Lipinski definition) is 4. The number of nitrogens with two attached hydrogens (primary N) is 2. The summed E-state index contributed by atoms with van der Waals surface area (Å²) in [4.78, 5) is 0. The van der Waals surface area contributed by atoms with Crippen LogP contribution in [0.15, 0.2) is 0 Å². The van der Waals surface area contributed by atoms with Gasteiger partial charge < -0.3 is 20.9 Å². The van der Waals surface area contributed by atoms with E-state index >= 15 is 0 Å². The molecule has 6 aliphatic rings. The SMILES string of the molecule is CC1(C)CC2(CC(C)(C)C3CCC(OC4CCC(N)CC4)CC32)C2CC(OC3CCC(N)CC3)CCC21. The van der Waals surface area contributed by atoms with E-state index in [1.807, 2.05) is 0 Å². The molecule has 4 heteroatoms. The van der Waals surface area contributed by atoms with Gasteiger partial charge in [-0.1, -0.05) is 27.7 Å². The van der Waals surface area contributed by atoms with Crippen molar-refractivity contribution in [2.75, 3.05) is 0 Å². The van der Waals surface area contributed by atoms with Gasteiger partial charge in [0.05, 0.1) is 24.4 Å². The minimum absolute atomic E-state index is 0.402. The Balaban J connectivity index is 1.20. The average Bonchev–Trinajstić information content (AvgIpc) is 3.21. The van der Waals surface area contributed by atoms with E-state index in [4.69, 9.17) is 20.9 Å². The summed E-state index contributed by atoms with van der Waals surface area (Å²) >= 11 is 0. The molecule has 0 aromatic carbocycles. The Hall–Kier alpha value is -0.160. The first-order valence-corrected chi connectivity index (χ1v) is 16.4. The normalized spacial score (nSPS) is 51.1. The minimum atomic E-state index is 0.402. The van der Waals surface area contributed by atoms with Gasteiger partial charge in [0.1, 0.15) is 0 Å². The highest BCUT2D eigenvalue weighted by molar-refractivity contribution is 5.17. The van der Waals surface area contributed by atoms with Gasteiger partial charge in [-0.05, 0) is 143 Å². The Morgan fingerprint density at radius 2 is 0.811 bits per heavy atom. The molecule has 212 valence electrons. The third-order valence-corrected chi connectivity index (χ3v) is 12.9. The second-order valence-electron chi connectivity index (χ2n) is 16.2. The van der Waals surface area contributed by atoms with Crippen molar-refractivity contribution in [2.24, 2.45) is 51.4 Å². The maximum absolute atomic E-state index is 6.89. The lowest BCUT2D eigenvalue weighted by Crippen LogP contribution is -2.44. The van der Waals surface area contributed by atoms with Crippen molar-refractivity contribution in [2.45, 2.75) is 167 Å². The van der Waals surface area contributed by atoms with Crippen LogP contribution >= 0.6 is 0 Å². The van der Waals surface area contributed by atoms with E-state index in [-0.39, 0.29) is 0 Å².